The van der Waals surface area contributed by atoms with Crippen molar-refractivity contribution in [3.05, 3.63) is 42.1 Å². The van der Waals surface area contributed by atoms with Gasteiger partial charge in [0.05, 0.1) is 26.0 Å². The molecule has 0 unspecified atom stereocenters. The topological polar surface area (TPSA) is 144 Å². The third-order valence-corrected chi connectivity index (χ3v) is 8.79. The first-order valence-corrected chi connectivity index (χ1v) is 16.3. The minimum atomic E-state index is -3.74. The van der Waals surface area contributed by atoms with Crippen molar-refractivity contribution >= 4 is 31.3 Å². The van der Waals surface area contributed by atoms with Crippen LogP contribution in [-0.4, -0.2) is 110 Å². The van der Waals surface area contributed by atoms with Gasteiger partial charge in [-0.2, -0.15) is 0 Å². The number of carbonyl (C=O) groups is 3. The Morgan fingerprint density at radius 3 is 2.19 bits per heavy atom. The summed E-state index contributed by atoms with van der Waals surface area (Å²) in [5.41, 5.74) is 0.758. The molecule has 0 radical (unpaired) electrons. The number of piperazine rings is 1. The molecule has 2 aromatic rings. The van der Waals surface area contributed by atoms with Crippen molar-refractivity contribution in [1.29, 1.82) is 0 Å². The van der Waals surface area contributed by atoms with Crippen LogP contribution in [0.2, 0.25) is 0 Å². The van der Waals surface area contributed by atoms with Gasteiger partial charge in [0.1, 0.15) is 17.6 Å². The van der Waals surface area contributed by atoms with E-state index in [1.165, 1.54) is 11.0 Å². The summed E-state index contributed by atoms with van der Waals surface area (Å²) in [7, 11) is -0.149. The van der Waals surface area contributed by atoms with Gasteiger partial charge in [0.2, 0.25) is 5.91 Å². The zero-order chi connectivity index (χ0) is 31.4. The summed E-state index contributed by atoms with van der Waals surface area (Å²) in [6.07, 6.45) is 0.905. The average Bonchev–Trinajstić information content (AvgIpc) is 3.00. The number of rotatable bonds is 14. The van der Waals surface area contributed by atoms with Crippen LogP contribution in [0.4, 0.5) is 10.6 Å². The molecule has 1 atom stereocenters. The normalized spacial score (nSPS) is 14.3. The van der Waals surface area contributed by atoms with E-state index in [1.54, 1.807) is 37.7 Å². The van der Waals surface area contributed by atoms with Crippen LogP contribution in [0, 0.1) is 0 Å². The molecule has 13 nitrogen and oxygen atoms in total. The van der Waals surface area contributed by atoms with E-state index in [1.807, 2.05) is 37.3 Å². The number of anilines is 1. The van der Waals surface area contributed by atoms with Crippen LogP contribution in [0.3, 0.4) is 0 Å². The third-order valence-electron chi connectivity index (χ3n) is 6.67. The molecule has 1 aromatic carbocycles. The fraction of sp³-hybridized carbons (Fsp3) is 0.552. The van der Waals surface area contributed by atoms with Crippen LogP contribution < -0.4 is 10.2 Å². The lowest BCUT2D eigenvalue weighted by atomic mass is 10.2. The van der Waals surface area contributed by atoms with Crippen LogP contribution in [0.5, 0.6) is 0 Å². The lowest BCUT2D eigenvalue weighted by Gasteiger charge is -2.36. The van der Waals surface area contributed by atoms with Crippen molar-refractivity contribution in [2.45, 2.75) is 39.7 Å². The maximum atomic E-state index is 13.8. The standard InChI is InChI=1S/C29H43N6O7P/c1-6-9-19-40-29(38)35-17-15-34(16-18-35)28(37)24(21-43(39,41-7-2)42-8-3)31-27(36)23-20-25(33(4)5)32-26(30-23)22-13-11-10-12-14-22/h10-14,20,24H,6-9,15-19,21H2,1-5H3,(H,31,36)/t24-/m0/s1. The monoisotopic (exact) mass is 618 g/mol. The Morgan fingerprint density at radius 1 is 0.977 bits per heavy atom. The van der Waals surface area contributed by atoms with E-state index in [-0.39, 0.29) is 51.2 Å². The predicted molar refractivity (Wildman–Crippen MR) is 163 cm³/mol. The number of hydrogen-bond donors (Lipinski definition) is 1. The lowest BCUT2D eigenvalue weighted by molar-refractivity contribution is -0.134. The molecule has 1 N–H and O–H groups in total. The molecule has 14 heteroatoms. The van der Waals surface area contributed by atoms with Crippen LogP contribution >= 0.6 is 7.60 Å². The predicted octanol–water partition coefficient (Wildman–Crippen LogP) is 3.66. The van der Waals surface area contributed by atoms with Gasteiger partial charge in [-0.05, 0) is 20.3 Å². The number of benzene rings is 1. The zero-order valence-electron chi connectivity index (χ0n) is 25.7. The summed E-state index contributed by atoms with van der Waals surface area (Å²) in [4.78, 5) is 53.7. The number of nitrogens with one attached hydrogen (secondary N) is 1. The molecular formula is C29H43N6O7P. The van der Waals surface area contributed by atoms with Crippen molar-refractivity contribution < 1.29 is 32.7 Å². The number of unbranched alkanes of at least 4 members (excludes halogenated alkanes) is 1. The molecule has 3 rings (SSSR count). The van der Waals surface area contributed by atoms with Gasteiger partial charge < -0.3 is 33.8 Å². The second-order valence-corrected chi connectivity index (χ2v) is 12.2. The van der Waals surface area contributed by atoms with E-state index in [0.717, 1.165) is 18.4 Å². The smallest absolute Gasteiger partial charge is 0.409 e. The van der Waals surface area contributed by atoms with E-state index in [9.17, 15) is 18.9 Å². The highest BCUT2D eigenvalue weighted by Gasteiger charge is 2.37. The van der Waals surface area contributed by atoms with Gasteiger partial charge in [0.15, 0.2) is 5.82 Å². The van der Waals surface area contributed by atoms with Gasteiger partial charge in [-0.1, -0.05) is 43.7 Å². The summed E-state index contributed by atoms with van der Waals surface area (Å²) >= 11 is 0. The molecule has 1 saturated heterocycles. The second kappa shape index (κ2) is 16.3. The van der Waals surface area contributed by atoms with Gasteiger partial charge in [0, 0.05) is 51.9 Å². The summed E-state index contributed by atoms with van der Waals surface area (Å²) < 4.78 is 29.7. The van der Waals surface area contributed by atoms with Crippen LogP contribution in [0.25, 0.3) is 11.4 Å². The van der Waals surface area contributed by atoms with E-state index >= 15 is 0 Å². The van der Waals surface area contributed by atoms with E-state index < -0.39 is 31.5 Å². The minimum Gasteiger partial charge on any atom is -0.449 e. The fourth-order valence-electron chi connectivity index (χ4n) is 4.40. The molecule has 0 saturated carbocycles. The van der Waals surface area contributed by atoms with Crippen LogP contribution in [-0.2, 0) is 23.1 Å². The molecule has 0 aliphatic carbocycles. The molecule has 1 aliphatic rings. The lowest BCUT2D eigenvalue weighted by Crippen LogP contribution is -2.57. The SMILES string of the molecule is CCCCOC(=O)N1CCN(C(=O)[C@H](CP(=O)(OCC)OCC)NC(=O)c2cc(N(C)C)nc(-c3ccccc3)n2)CC1. The van der Waals surface area contributed by atoms with Gasteiger partial charge in [-0.15, -0.1) is 0 Å². The first kappa shape index (κ1) is 34.0. The Labute approximate surface area is 253 Å². The van der Waals surface area contributed by atoms with E-state index in [0.29, 0.717) is 18.2 Å². The Hall–Kier alpha value is -3.54. The zero-order valence-corrected chi connectivity index (χ0v) is 26.5. The molecule has 0 bridgehead atoms. The Balaban J connectivity index is 1.85. The molecule has 0 spiro atoms. The number of ether oxygens (including phenoxy) is 1. The molecule has 1 aliphatic heterocycles. The molecule has 2 heterocycles. The average molecular weight is 619 g/mol. The molecule has 1 aromatic heterocycles. The van der Waals surface area contributed by atoms with Gasteiger partial charge in [-0.25, -0.2) is 14.8 Å². The van der Waals surface area contributed by atoms with Gasteiger partial charge in [0.25, 0.3) is 5.91 Å². The Bertz CT molecular complexity index is 1260. The fourth-order valence-corrected chi connectivity index (χ4v) is 6.17. The maximum absolute atomic E-state index is 13.8. The molecule has 43 heavy (non-hydrogen) atoms. The highest BCUT2D eigenvalue weighted by molar-refractivity contribution is 7.54. The van der Waals surface area contributed by atoms with Crippen molar-refractivity contribution in [1.82, 2.24) is 25.1 Å². The highest BCUT2D eigenvalue weighted by atomic mass is 31.2. The Morgan fingerprint density at radius 2 is 1.60 bits per heavy atom. The van der Waals surface area contributed by atoms with Crippen molar-refractivity contribution in [3.63, 3.8) is 0 Å². The van der Waals surface area contributed by atoms with Crippen molar-refractivity contribution in [2.75, 3.05) is 71.2 Å². The Kier molecular flexibility index (Phi) is 12.9. The van der Waals surface area contributed by atoms with Crippen molar-refractivity contribution in [3.8, 4) is 11.4 Å². The first-order valence-electron chi connectivity index (χ1n) is 14.6. The van der Waals surface area contributed by atoms with Gasteiger partial charge in [-0.3, -0.25) is 14.2 Å². The molecule has 1 fully saturated rings. The summed E-state index contributed by atoms with van der Waals surface area (Å²) in [6.45, 7) is 6.89. The number of amides is 3. The van der Waals surface area contributed by atoms with Crippen LogP contribution in [0.15, 0.2) is 36.4 Å². The third kappa shape index (κ3) is 9.74. The summed E-state index contributed by atoms with van der Waals surface area (Å²) in [5, 5.41) is 2.74. The number of nitrogens with zero attached hydrogens (tertiary/aromatic N) is 5. The summed E-state index contributed by atoms with van der Waals surface area (Å²) in [5.74, 6) is -0.259. The molecule has 3 amide bonds. The van der Waals surface area contributed by atoms with E-state index in [2.05, 4.69) is 15.3 Å². The van der Waals surface area contributed by atoms with Gasteiger partial charge >= 0.3 is 13.7 Å². The second-order valence-electron chi connectivity index (χ2n) is 10.1. The first-order chi connectivity index (χ1) is 20.6. The number of carbonyl (C=O) groups excluding carboxylic acids is 3. The van der Waals surface area contributed by atoms with Crippen molar-refractivity contribution in [2.24, 2.45) is 0 Å². The largest absolute Gasteiger partial charge is 0.449 e. The maximum Gasteiger partial charge on any atom is 0.409 e. The molecular weight excluding hydrogens is 575 g/mol. The molecule has 236 valence electrons. The highest BCUT2D eigenvalue weighted by Crippen LogP contribution is 2.48. The number of aromatic nitrogens is 2. The van der Waals surface area contributed by atoms with Crippen LogP contribution in [0.1, 0.15) is 44.1 Å². The minimum absolute atomic E-state index is 0.0395. The quantitative estimate of drug-likeness (QED) is 0.246. The summed E-state index contributed by atoms with van der Waals surface area (Å²) in [6, 6.07) is 9.52. The van der Waals surface area contributed by atoms with E-state index in [4.69, 9.17) is 13.8 Å². The number of hydrogen-bond acceptors (Lipinski definition) is 10.